The minimum absolute atomic E-state index is 0.328. The fourth-order valence-corrected chi connectivity index (χ4v) is 7.62. The first kappa shape index (κ1) is 25.1. The van der Waals surface area contributed by atoms with E-state index >= 15 is 8.78 Å². The van der Waals surface area contributed by atoms with Crippen LogP contribution in [0.2, 0.25) is 0 Å². The SMILES string of the molecule is CCCC1CCC(C2CCC(C3CCC(C(F)(F)Cc4ccc(C)c(F)c4)CC3)CC2)CC1. The predicted molar refractivity (Wildman–Crippen MR) is 131 cm³/mol. The van der Waals surface area contributed by atoms with Gasteiger partial charge in [-0.3, -0.25) is 0 Å². The molecule has 33 heavy (non-hydrogen) atoms. The first-order valence-electron chi connectivity index (χ1n) is 14.0. The molecule has 0 aliphatic heterocycles. The quantitative estimate of drug-likeness (QED) is 0.378. The third kappa shape index (κ3) is 6.37. The lowest BCUT2D eigenvalue weighted by Crippen LogP contribution is -2.36. The van der Waals surface area contributed by atoms with Crippen molar-refractivity contribution in [2.75, 3.05) is 0 Å². The molecule has 3 aliphatic carbocycles. The number of halogens is 3. The van der Waals surface area contributed by atoms with Crippen LogP contribution in [0.4, 0.5) is 13.2 Å². The van der Waals surface area contributed by atoms with E-state index in [4.69, 9.17) is 0 Å². The summed E-state index contributed by atoms with van der Waals surface area (Å²) in [6, 6.07) is 4.57. The molecule has 0 unspecified atom stereocenters. The number of aryl methyl sites for hydroxylation is 1. The lowest BCUT2D eigenvalue weighted by Gasteiger charge is -2.42. The second-order valence-electron chi connectivity index (χ2n) is 11.9. The Labute approximate surface area is 200 Å². The van der Waals surface area contributed by atoms with Gasteiger partial charge in [-0.15, -0.1) is 0 Å². The molecule has 0 spiro atoms. The van der Waals surface area contributed by atoms with E-state index in [-0.39, 0.29) is 12.2 Å². The third-order valence-electron chi connectivity index (χ3n) is 9.78. The highest BCUT2D eigenvalue weighted by Crippen LogP contribution is 2.48. The Morgan fingerprint density at radius 1 is 0.758 bits per heavy atom. The Morgan fingerprint density at radius 3 is 1.73 bits per heavy atom. The molecule has 0 bridgehead atoms. The molecule has 0 aromatic heterocycles. The van der Waals surface area contributed by atoms with Crippen LogP contribution in [0.1, 0.15) is 108 Å². The second kappa shape index (κ2) is 11.2. The van der Waals surface area contributed by atoms with E-state index in [1.54, 1.807) is 19.1 Å². The number of rotatable bonds is 7. The van der Waals surface area contributed by atoms with Crippen LogP contribution >= 0.6 is 0 Å². The molecule has 0 amide bonds. The van der Waals surface area contributed by atoms with Gasteiger partial charge in [0.05, 0.1) is 0 Å². The van der Waals surface area contributed by atoms with Crippen LogP contribution < -0.4 is 0 Å². The molecule has 4 rings (SSSR count). The molecule has 3 aliphatic rings. The highest BCUT2D eigenvalue weighted by molar-refractivity contribution is 5.24. The standard InChI is InChI=1S/C30H45F3/c1-3-4-22-7-9-24(10-8-22)25-11-13-26(14-12-25)27-15-17-28(18-16-27)30(32,33)20-23-6-5-21(2)29(31)19-23/h5-6,19,22,24-28H,3-4,7-18,20H2,1-2H3. The largest absolute Gasteiger partial charge is 0.254 e. The minimum atomic E-state index is -2.74. The van der Waals surface area contributed by atoms with Crippen molar-refractivity contribution in [2.24, 2.45) is 35.5 Å². The van der Waals surface area contributed by atoms with Crippen molar-refractivity contribution in [1.82, 2.24) is 0 Å². The average Bonchev–Trinajstić information content (AvgIpc) is 2.82. The summed E-state index contributed by atoms with van der Waals surface area (Å²) in [5, 5.41) is 0. The zero-order valence-corrected chi connectivity index (χ0v) is 20.9. The summed E-state index contributed by atoms with van der Waals surface area (Å²) in [4.78, 5) is 0. The molecule has 0 N–H and O–H groups in total. The maximum Gasteiger partial charge on any atom is 0.254 e. The van der Waals surface area contributed by atoms with E-state index in [1.165, 1.54) is 70.3 Å². The van der Waals surface area contributed by atoms with E-state index in [0.29, 0.717) is 29.9 Å². The van der Waals surface area contributed by atoms with Crippen LogP contribution in [0, 0.1) is 48.2 Å². The van der Waals surface area contributed by atoms with Gasteiger partial charge in [0.25, 0.3) is 5.92 Å². The van der Waals surface area contributed by atoms with Crippen LogP contribution in [-0.2, 0) is 6.42 Å². The normalized spacial score (nSPS) is 33.7. The summed E-state index contributed by atoms with van der Waals surface area (Å²) in [5.74, 6) is 0.624. The zero-order valence-electron chi connectivity index (χ0n) is 20.9. The lowest BCUT2D eigenvalue weighted by atomic mass is 9.64. The van der Waals surface area contributed by atoms with Gasteiger partial charge in [-0.25, -0.2) is 13.2 Å². The van der Waals surface area contributed by atoms with Crippen LogP contribution in [0.15, 0.2) is 18.2 Å². The van der Waals surface area contributed by atoms with Gasteiger partial charge in [0.15, 0.2) is 0 Å². The fraction of sp³-hybridized carbons (Fsp3) is 0.800. The monoisotopic (exact) mass is 462 g/mol. The average molecular weight is 463 g/mol. The van der Waals surface area contributed by atoms with E-state index in [2.05, 4.69) is 6.92 Å². The van der Waals surface area contributed by atoms with E-state index in [9.17, 15) is 4.39 Å². The lowest BCUT2D eigenvalue weighted by molar-refractivity contribution is -0.0779. The van der Waals surface area contributed by atoms with Crippen LogP contribution in [0.5, 0.6) is 0 Å². The van der Waals surface area contributed by atoms with Crippen LogP contribution in [-0.4, -0.2) is 5.92 Å². The van der Waals surface area contributed by atoms with Crippen molar-refractivity contribution < 1.29 is 13.2 Å². The molecular formula is C30H45F3. The highest BCUT2D eigenvalue weighted by Gasteiger charge is 2.43. The number of hydrogen-bond donors (Lipinski definition) is 0. The highest BCUT2D eigenvalue weighted by atomic mass is 19.3. The van der Waals surface area contributed by atoms with Crippen molar-refractivity contribution in [2.45, 2.75) is 116 Å². The number of alkyl halides is 2. The third-order valence-corrected chi connectivity index (χ3v) is 9.78. The van der Waals surface area contributed by atoms with Gasteiger partial charge in [-0.1, -0.05) is 44.7 Å². The van der Waals surface area contributed by atoms with E-state index in [1.807, 2.05) is 0 Å². The Kier molecular flexibility index (Phi) is 8.50. The van der Waals surface area contributed by atoms with Crippen molar-refractivity contribution in [3.05, 3.63) is 35.1 Å². The van der Waals surface area contributed by atoms with Gasteiger partial charge in [-0.2, -0.15) is 0 Å². The van der Waals surface area contributed by atoms with Crippen molar-refractivity contribution in [3.63, 3.8) is 0 Å². The molecule has 0 radical (unpaired) electrons. The fourth-order valence-electron chi connectivity index (χ4n) is 7.62. The maximum atomic E-state index is 15.0. The van der Waals surface area contributed by atoms with E-state index < -0.39 is 11.8 Å². The van der Waals surface area contributed by atoms with Gasteiger partial charge in [0, 0.05) is 12.3 Å². The predicted octanol–water partition coefficient (Wildman–Crippen LogP) is 9.53. The smallest absolute Gasteiger partial charge is 0.207 e. The Hall–Kier alpha value is -0.990. The minimum Gasteiger partial charge on any atom is -0.207 e. The Morgan fingerprint density at radius 2 is 1.24 bits per heavy atom. The summed E-state index contributed by atoms with van der Waals surface area (Å²) in [5.41, 5.74) is 0.939. The second-order valence-corrected chi connectivity index (χ2v) is 11.9. The van der Waals surface area contributed by atoms with Gasteiger partial charge in [0.2, 0.25) is 0 Å². The first-order valence-corrected chi connectivity index (χ1v) is 14.0. The number of hydrogen-bond acceptors (Lipinski definition) is 0. The first-order chi connectivity index (χ1) is 15.9. The molecule has 186 valence electrons. The summed E-state index contributed by atoms with van der Waals surface area (Å²) < 4.78 is 43.8. The molecule has 1 aromatic carbocycles. The number of benzene rings is 1. The molecule has 1 aromatic rings. The molecule has 3 heteroatoms. The van der Waals surface area contributed by atoms with Crippen molar-refractivity contribution in [1.29, 1.82) is 0 Å². The molecule has 0 nitrogen and oxygen atoms in total. The van der Waals surface area contributed by atoms with Gasteiger partial charge in [-0.05, 0) is 118 Å². The van der Waals surface area contributed by atoms with E-state index in [0.717, 1.165) is 36.5 Å². The van der Waals surface area contributed by atoms with Gasteiger partial charge in [0.1, 0.15) is 5.82 Å². The van der Waals surface area contributed by atoms with Gasteiger partial charge < -0.3 is 0 Å². The Bertz CT molecular complexity index is 733. The molecule has 0 atom stereocenters. The summed E-state index contributed by atoms with van der Waals surface area (Å²) in [6.07, 6.45) is 16.8. The van der Waals surface area contributed by atoms with Crippen molar-refractivity contribution >= 4 is 0 Å². The molecule has 3 saturated carbocycles. The van der Waals surface area contributed by atoms with Crippen molar-refractivity contribution in [3.8, 4) is 0 Å². The summed E-state index contributed by atoms with van der Waals surface area (Å²) in [7, 11) is 0. The summed E-state index contributed by atoms with van der Waals surface area (Å²) >= 11 is 0. The molecule has 0 saturated heterocycles. The molecular weight excluding hydrogens is 417 g/mol. The molecule has 3 fully saturated rings. The molecule has 0 heterocycles. The van der Waals surface area contributed by atoms with Crippen LogP contribution in [0.3, 0.4) is 0 Å². The topological polar surface area (TPSA) is 0 Å². The van der Waals surface area contributed by atoms with Crippen LogP contribution in [0.25, 0.3) is 0 Å². The summed E-state index contributed by atoms with van der Waals surface area (Å²) in [6.45, 7) is 3.98. The zero-order chi connectivity index (χ0) is 23.4. The Balaban J connectivity index is 1.20. The van der Waals surface area contributed by atoms with Gasteiger partial charge >= 0.3 is 0 Å². The maximum absolute atomic E-state index is 15.0.